The van der Waals surface area contributed by atoms with Crippen LogP contribution in [0, 0.1) is 0 Å². The molecule has 0 amide bonds. The van der Waals surface area contributed by atoms with Gasteiger partial charge in [-0.15, -0.1) is 0 Å². The Morgan fingerprint density at radius 2 is 1.92 bits per heavy atom. The lowest BCUT2D eigenvalue weighted by atomic mass is 9.95. The molecule has 136 valence electrons. The van der Waals surface area contributed by atoms with Crippen LogP contribution in [0.1, 0.15) is 38.3 Å². The van der Waals surface area contributed by atoms with E-state index in [1.54, 1.807) is 4.57 Å². The molecule has 1 aliphatic carbocycles. The third-order valence-corrected chi connectivity index (χ3v) is 5.10. The second-order valence-corrected chi connectivity index (χ2v) is 6.75. The molecule has 2 fully saturated rings. The van der Waals surface area contributed by atoms with Crippen molar-refractivity contribution in [1.82, 2.24) is 19.5 Å². The third-order valence-electron chi connectivity index (χ3n) is 5.10. The van der Waals surface area contributed by atoms with Crippen LogP contribution in [0.4, 0.5) is 5.82 Å². The fourth-order valence-corrected chi connectivity index (χ4v) is 3.69. The van der Waals surface area contributed by atoms with Gasteiger partial charge < -0.3 is 25.4 Å². The first kappa shape index (κ1) is 16.6. The van der Waals surface area contributed by atoms with Crippen LogP contribution in [0.5, 0.6) is 0 Å². The van der Waals surface area contributed by atoms with Gasteiger partial charge in [0.05, 0.1) is 12.9 Å². The maximum Gasteiger partial charge on any atom is 0.167 e. The summed E-state index contributed by atoms with van der Waals surface area (Å²) in [5.41, 5.74) is 1.12. The van der Waals surface area contributed by atoms with E-state index in [0.717, 1.165) is 12.8 Å². The zero-order valence-electron chi connectivity index (χ0n) is 13.8. The summed E-state index contributed by atoms with van der Waals surface area (Å²) >= 11 is 0. The van der Waals surface area contributed by atoms with Gasteiger partial charge in [0, 0.05) is 6.04 Å². The van der Waals surface area contributed by atoms with Crippen molar-refractivity contribution in [3.05, 3.63) is 12.7 Å². The van der Waals surface area contributed by atoms with E-state index in [1.807, 2.05) is 0 Å². The minimum atomic E-state index is -1.17. The van der Waals surface area contributed by atoms with Crippen LogP contribution in [0.2, 0.25) is 0 Å². The molecule has 0 aromatic carbocycles. The largest absolute Gasteiger partial charge is 0.394 e. The molecular formula is C16H23N5O4. The van der Waals surface area contributed by atoms with Crippen LogP contribution in [-0.2, 0) is 4.74 Å². The number of hydrogen-bond donors (Lipinski definition) is 4. The number of rotatable bonds is 4. The van der Waals surface area contributed by atoms with Gasteiger partial charge in [-0.05, 0) is 12.8 Å². The number of aromatic nitrogens is 4. The van der Waals surface area contributed by atoms with Crippen molar-refractivity contribution in [1.29, 1.82) is 0 Å². The summed E-state index contributed by atoms with van der Waals surface area (Å²) in [7, 11) is 0. The number of aliphatic hydroxyl groups excluding tert-OH is 3. The standard InChI is InChI=1S/C16H23N5O4/c22-6-10-12(23)13(24)16(25-10)21-8-19-11-14(17-7-18-15(11)21)20-9-4-2-1-3-5-9/h7-10,12-13,16,22-24H,1-6H2,(H,17,18,20)/t10-,12+,13-,16-/m0/s1. The highest BCUT2D eigenvalue weighted by molar-refractivity contribution is 5.82. The van der Waals surface area contributed by atoms with Crippen molar-refractivity contribution in [2.75, 3.05) is 11.9 Å². The summed E-state index contributed by atoms with van der Waals surface area (Å²) < 4.78 is 7.15. The number of nitrogens with one attached hydrogen (secondary N) is 1. The fraction of sp³-hybridized carbons (Fsp3) is 0.688. The lowest BCUT2D eigenvalue weighted by Gasteiger charge is -2.23. The van der Waals surface area contributed by atoms with E-state index in [-0.39, 0.29) is 6.61 Å². The second-order valence-electron chi connectivity index (χ2n) is 6.75. The molecule has 1 saturated carbocycles. The van der Waals surface area contributed by atoms with Gasteiger partial charge in [-0.25, -0.2) is 15.0 Å². The maximum atomic E-state index is 10.2. The number of imidazole rings is 1. The second kappa shape index (κ2) is 6.83. The highest BCUT2D eigenvalue weighted by Gasteiger charge is 2.44. The molecule has 0 radical (unpaired) electrons. The van der Waals surface area contributed by atoms with Crippen molar-refractivity contribution in [3.63, 3.8) is 0 Å². The lowest BCUT2D eigenvalue weighted by Crippen LogP contribution is -2.33. The van der Waals surface area contributed by atoms with E-state index in [1.165, 1.54) is 31.9 Å². The molecule has 9 heteroatoms. The van der Waals surface area contributed by atoms with Crippen molar-refractivity contribution in [2.24, 2.45) is 0 Å². The molecule has 3 heterocycles. The third kappa shape index (κ3) is 2.97. The summed E-state index contributed by atoms with van der Waals surface area (Å²) in [5, 5.41) is 32.9. The highest BCUT2D eigenvalue weighted by Crippen LogP contribution is 2.32. The Morgan fingerprint density at radius 1 is 1.12 bits per heavy atom. The van der Waals surface area contributed by atoms with E-state index in [4.69, 9.17) is 4.74 Å². The molecular weight excluding hydrogens is 326 g/mol. The normalized spacial score (nSPS) is 30.8. The molecule has 1 saturated heterocycles. The van der Waals surface area contributed by atoms with Gasteiger partial charge in [0.2, 0.25) is 0 Å². The van der Waals surface area contributed by atoms with Gasteiger partial charge in [-0.3, -0.25) is 4.57 Å². The van der Waals surface area contributed by atoms with E-state index >= 15 is 0 Å². The monoisotopic (exact) mass is 349 g/mol. The fourth-order valence-electron chi connectivity index (χ4n) is 3.69. The summed E-state index contributed by atoms with van der Waals surface area (Å²) in [5.74, 6) is 0.669. The van der Waals surface area contributed by atoms with E-state index < -0.39 is 24.5 Å². The molecule has 1 aliphatic heterocycles. The minimum absolute atomic E-state index is 0.370. The van der Waals surface area contributed by atoms with Gasteiger partial charge in [0.25, 0.3) is 0 Å². The molecule has 0 bridgehead atoms. The first-order chi connectivity index (χ1) is 12.2. The zero-order valence-corrected chi connectivity index (χ0v) is 13.8. The van der Waals surface area contributed by atoms with Crippen LogP contribution >= 0.6 is 0 Å². The van der Waals surface area contributed by atoms with E-state index in [2.05, 4.69) is 20.3 Å². The van der Waals surface area contributed by atoms with Crippen LogP contribution in [0.3, 0.4) is 0 Å². The molecule has 2 aliphatic rings. The topological polar surface area (TPSA) is 126 Å². The van der Waals surface area contributed by atoms with E-state index in [0.29, 0.717) is 23.0 Å². The smallest absolute Gasteiger partial charge is 0.167 e. The molecule has 4 rings (SSSR count). The van der Waals surface area contributed by atoms with Gasteiger partial charge in [-0.2, -0.15) is 0 Å². The SMILES string of the molecule is OC[C@@H]1O[C@H](n2cnc3c(NC4CCCCC4)ncnc32)[C@@H](O)[C@@H]1O. The predicted octanol–water partition coefficient (Wildman–Crippen LogP) is 0.182. The number of aliphatic hydroxyl groups is 3. The molecule has 2 aromatic heterocycles. The van der Waals surface area contributed by atoms with Crippen molar-refractivity contribution >= 4 is 17.0 Å². The number of anilines is 1. The molecule has 0 unspecified atom stereocenters. The van der Waals surface area contributed by atoms with Gasteiger partial charge in [-0.1, -0.05) is 19.3 Å². The van der Waals surface area contributed by atoms with Crippen LogP contribution in [0.15, 0.2) is 12.7 Å². The summed E-state index contributed by atoms with van der Waals surface area (Å²) in [6.07, 6.45) is 4.88. The van der Waals surface area contributed by atoms with Crippen molar-refractivity contribution in [2.45, 2.75) is 62.7 Å². The van der Waals surface area contributed by atoms with Crippen LogP contribution in [-0.4, -0.2) is 65.8 Å². The number of fused-ring (bicyclic) bond motifs is 1. The molecule has 9 nitrogen and oxygen atoms in total. The number of nitrogens with zero attached hydrogens (tertiary/aromatic N) is 4. The molecule has 4 atom stereocenters. The average molecular weight is 349 g/mol. The first-order valence-corrected chi connectivity index (χ1v) is 8.75. The van der Waals surface area contributed by atoms with E-state index in [9.17, 15) is 15.3 Å². The Balaban J connectivity index is 1.62. The average Bonchev–Trinajstić information content (AvgIpc) is 3.18. The summed E-state index contributed by atoms with van der Waals surface area (Å²) in [6, 6.07) is 0.380. The summed E-state index contributed by atoms with van der Waals surface area (Å²) in [6.45, 7) is -0.370. The first-order valence-electron chi connectivity index (χ1n) is 8.75. The summed E-state index contributed by atoms with van der Waals surface area (Å²) in [4.78, 5) is 13.0. The van der Waals surface area contributed by atoms with Crippen LogP contribution < -0.4 is 5.32 Å². The zero-order chi connectivity index (χ0) is 17.4. The quantitative estimate of drug-likeness (QED) is 0.616. The van der Waals surface area contributed by atoms with Gasteiger partial charge in [0.15, 0.2) is 23.2 Å². The van der Waals surface area contributed by atoms with Gasteiger partial charge >= 0.3 is 0 Å². The molecule has 25 heavy (non-hydrogen) atoms. The minimum Gasteiger partial charge on any atom is -0.394 e. The molecule has 2 aromatic rings. The highest BCUT2D eigenvalue weighted by atomic mass is 16.6. The lowest BCUT2D eigenvalue weighted by molar-refractivity contribution is -0.0511. The number of ether oxygens (including phenoxy) is 1. The Morgan fingerprint density at radius 3 is 2.64 bits per heavy atom. The molecule has 4 N–H and O–H groups in total. The Hall–Kier alpha value is -1.81. The Bertz CT molecular complexity index is 732. The van der Waals surface area contributed by atoms with Crippen molar-refractivity contribution in [3.8, 4) is 0 Å². The Kier molecular flexibility index (Phi) is 4.55. The maximum absolute atomic E-state index is 10.2. The van der Waals surface area contributed by atoms with Crippen molar-refractivity contribution < 1.29 is 20.1 Å². The molecule has 0 spiro atoms. The number of hydrogen-bond acceptors (Lipinski definition) is 8. The predicted molar refractivity (Wildman–Crippen MR) is 88.8 cm³/mol. The Labute approximate surface area is 144 Å². The van der Waals surface area contributed by atoms with Gasteiger partial charge in [0.1, 0.15) is 24.6 Å². The van der Waals surface area contributed by atoms with Crippen LogP contribution in [0.25, 0.3) is 11.2 Å².